The zero-order chi connectivity index (χ0) is 15.4. The zero-order valence-corrected chi connectivity index (χ0v) is 15.4. The molecule has 24 heavy (non-hydrogen) atoms. The lowest BCUT2D eigenvalue weighted by molar-refractivity contribution is 0.0741. The number of halogens is 2. The molecule has 7 nitrogen and oxygen atoms in total. The first-order valence-electron chi connectivity index (χ1n) is 7.23. The topological polar surface area (TPSA) is 88.2 Å². The predicted octanol–water partition coefficient (Wildman–Crippen LogP) is 1.24. The van der Waals surface area contributed by atoms with Gasteiger partial charge >= 0.3 is 0 Å². The van der Waals surface area contributed by atoms with Crippen LogP contribution in [0, 0.1) is 0 Å². The van der Waals surface area contributed by atoms with Gasteiger partial charge in [-0.15, -0.1) is 36.2 Å². The summed E-state index contributed by atoms with van der Waals surface area (Å²) in [6.07, 6.45) is 4.18. The first kappa shape index (κ1) is 20.6. The summed E-state index contributed by atoms with van der Waals surface area (Å²) < 4.78 is 0. The number of rotatable bonds is 4. The molecule has 3 rings (SSSR count). The number of thiazole rings is 1. The number of nitrogens with zero attached hydrogens (tertiary/aromatic N) is 5. The Labute approximate surface area is 157 Å². The summed E-state index contributed by atoms with van der Waals surface area (Å²) in [7, 11) is 0. The lowest BCUT2D eigenvalue weighted by atomic mass is 10.3. The highest BCUT2D eigenvalue weighted by atomic mass is 35.5. The third-order valence-electron chi connectivity index (χ3n) is 3.53. The second-order valence-electron chi connectivity index (χ2n) is 4.99. The van der Waals surface area contributed by atoms with Crippen molar-refractivity contribution in [3.8, 4) is 0 Å². The molecular weight excluding hydrogens is 371 g/mol. The van der Waals surface area contributed by atoms with Gasteiger partial charge in [0, 0.05) is 50.4 Å². The Bertz CT molecular complexity index is 633. The van der Waals surface area contributed by atoms with Crippen molar-refractivity contribution >= 4 is 48.0 Å². The van der Waals surface area contributed by atoms with Gasteiger partial charge < -0.3 is 15.5 Å². The van der Waals surface area contributed by atoms with E-state index in [1.165, 1.54) is 11.3 Å². The van der Waals surface area contributed by atoms with Gasteiger partial charge in [-0.25, -0.2) is 15.0 Å². The summed E-state index contributed by atoms with van der Waals surface area (Å²) in [5.41, 5.74) is 6.04. The van der Waals surface area contributed by atoms with E-state index in [1.54, 1.807) is 18.5 Å². The molecule has 0 aliphatic carbocycles. The zero-order valence-electron chi connectivity index (χ0n) is 13.0. The molecule has 0 unspecified atom stereocenters. The smallest absolute Gasteiger partial charge is 0.273 e. The van der Waals surface area contributed by atoms with E-state index >= 15 is 0 Å². The summed E-state index contributed by atoms with van der Waals surface area (Å²) in [6.45, 7) is 3.32. The van der Waals surface area contributed by atoms with Gasteiger partial charge in [-0.1, -0.05) is 0 Å². The van der Waals surface area contributed by atoms with E-state index in [0.29, 0.717) is 31.3 Å². The summed E-state index contributed by atoms with van der Waals surface area (Å²) in [4.78, 5) is 29.2. The van der Waals surface area contributed by atoms with E-state index in [-0.39, 0.29) is 30.7 Å². The maximum absolute atomic E-state index is 12.4. The van der Waals surface area contributed by atoms with Gasteiger partial charge in [0.25, 0.3) is 5.91 Å². The molecule has 0 atom stereocenters. The molecule has 1 saturated heterocycles. The first-order chi connectivity index (χ1) is 10.8. The quantitative estimate of drug-likeness (QED) is 0.844. The number of amides is 1. The highest BCUT2D eigenvalue weighted by molar-refractivity contribution is 7.09. The van der Waals surface area contributed by atoms with Crippen LogP contribution in [-0.2, 0) is 6.42 Å². The van der Waals surface area contributed by atoms with Crippen LogP contribution in [0.2, 0.25) is 0 Å². The molecule has 0 aromatic carbocycles. The van der Waals surface area contributed by atoms with Crippen LogP contribution in [0.3, 0.4) is 0 Å². The average molecular weight is 391 g/mol. The molecule has 1 amide bonds. The molecule has 0 bridgehead atoms. The SMILES string of the molecule is Cl.Cl.NCCc1nc(C(=O)N2CCN(c3ncccn3)CC2)cs1. The van der Waals surface area contributed by atoms with E-state index < -0.39 is 0 Å². The van der Waals surface area contributed by atoms with Crippen molar-refractivity contribution in [2.24, 2.45) is 5.73 Å². The fourth-order valence-electron chi connectivity index (χ4n) is 2.37. The Morgan fingerprint density at radius 3 is 2.46 bits per heavy atom. The molecule has 2 aromatic rings. The largest absolute Gasteiger partial charge is 0.337 e. The van der Waals surface area contributed by atoms with Crippen LogP contribution in [0.15, 0.2) is 23.8 Å². The minimum absolute atomic E-state index is 0. The Morgan fingerprint density at radius 2 is 1.83 bits per heavy atom. The van der Waals surface area contributed by atoms with Crippen LogP contribution < -0.4 is 10.6 Å². The van der Waals surface area contributed by atoms with Crippen LogP contribution >= 0.6 is 36.2 Å². The van der Waals surface area contributed by atoms with E-state index in [9.17, 15) is 4.79 Å². The fraction of sp³-hybridized carbons (Fsp3) is 0.429. The lowest BCUT2D eigenvalue weighted by Crippen LogP contribution is -2.49. The van der Waals surface area contributed by atoms with Crippen molar-refractivity contribution in [2.75, 3.05) is 37.6 Å². The van der Waals surface area contributed by atoms with Crippen molar-refractivity contribution in [2.45, 2.75) is 6.42 Å². The molecule has 2 N–H and O–H groups in total. The minimum Gasteiger partial charge on any atom is -0.337 e. The lowest BCUT2D eigenvalue weighted by Gasteiger charge is -2.34. The summed E-state index contributed by atoms with van der Waals surface area (Å²) in [6, 6.07) is 1.80. The van der Waals surface area contributed by atoms with E-state index in [1.807, 2.05) is 10.3 Å². The molecule has 0 saturated carbocycles. The molecule has 1 aliphatic rings. The third kappa shape index (κ3) is 4.76. The summed E-state index contributed by atoms with van der Waals surface area (Å²) in [5, 5.41) is 2.74. The van der Waals surface area contributed by atoms with Crippen LogP contribution in [0.5, 0.6) is 0 Å². The van der Waals surface area contributed by atoms with Gasteiger partial charge in [-0.3, -0.25) is 4.79 Å². The Kier molecular flexibility index (Phi) is 8.34. The Hall–Kier alpha value is -1.48. The highest BCUT2D eigenvalue weighted by Crippen LogP contribution is 2.15. The van der Waals surface area contributed by atoms with Crippen LogP contribution in [-0.4, -0.2) is 58.5 Å². The number of carbonyl (C=O) groups excluding carboxylic acids is 1. The number of hydrogen-bond donors (Lipinski definition) is 1. The molecule has 132 valence electrons. The van der Waals surface area contributed by atoms with Gasteiger partial charge in [-0.05, 0) is 12.6 Å². The molecular formula is C14H20Cl2N6OS. The van der Waals surface area contributed by atoms with Crippen LogP contribution in [0.25, 0.3) is 0 Å². The highest BCUT2D eigenvalue weighted by Gasteiger charge is 2.24. The minimum atomic E-state index is -0.00634. The third-order valence-corrected chi connectivity index (χ3v) is 4.44. The van der Waals surface area contributed by atoms with Gasteiger partial charge in [0.15, 0.2) is 0 Å². The standard InChI is InChI=1S/C14H18N6OS.2ClH/c15-3-2-12-18-11(10-22-12)13(21)19-6-8-20(9-7-19)14-16-4-1-5-17-14;;/h1,4-5,10H,2-3,6-9,15H2;2*1H. The number of hydrogen-bond acceptors (Lipinski definition) is 7. The Morgan fingerprint density at radius 1 is 1.17 bits per heavy atom. The van der Waals surface area contributed by atoms with E-state index in [0.717, 1.165) is 24.5 Å². The first-order valence-corrected chi connectivity index (χ1v) is 8.11. The molecule has 0 spiro atoms. The maximum atomic E-state index is 12.4. The summed E-state index contributed by atoms with van der Waals surface area (Å²) >= 11 is 1.49. The van der Waals surface area contributed by atoms with Crippen molar-refractivity contribution in [3.63, 3.8) is 0 Å². The molecule has 2 aromatic heterocycles. The van der Waals surface area contributed by atoms with E-state index in [2.05, 4.69) is 19.9 Å². The number of aromatic nitrogens is 3. The van der Waals surface area contributed by atoms with Crippen molar-refractivity contribution in [1.29, 1.82) is 0 Å². The maximum Gasteiger partial charge on any atom is 0.273 e. The van der Waals surface area contributed by atoms with Crippen molar-refractivity contribution < 1.29 is 4.79 Å². The number of carbonyl (C=O) groups is 1. The molecule has 0 radical (unpaired) electrons. The summed E-state index contributed by atoms with van der Waals surface area (Å²) in [5.74, 6) is 0.710. The number of piperazine rings is 1. The van der Waals surface area contributed by atoms with Gasteiger partial charge in [-0.2, -0.15) is 0 Å². The molecule has 3 heterocycles. The normalized spacial score (nSPS) is 13.9. The van der Waals surface area contributed by atoms with Gasteiger partial charge in [0.2, 0.25) is 5.95 Å². The van der Waals surface area contributed by atoms with Crippen molar-refractivity contribution in [1.82, 2.24) is 19.9 Å². The number of anilines is 1. The van der Waals surface area contributed by atoms with Crippen molar-refractivity contribution in [3.05, 3.63) is 34.5 Å². The second-order valence-corrected chi connectivity index (χ2v) is 5.94. The average Bonchev–Trinajstić information content (AvgIpc) is 3.04. The van der Waals surface area contributed by atoms with Crippen LogP contribution in [0.1, 0.15) is 15.5 Å². The second kappa shape index (κ2) is 9.73. The fourth-order valence-corrected chi connectivity index (χ4v) is 3.16. The van der Waals surface area contributed by atoms with Gasteiger partial charge in [0.1, 0.15) is 5.69 Å². The van der Waals surface area contributed by atoms with Gasteiger partial charge in [0.05, 0.1) is 5.01 Å². The Balaban J connectivity index is 0.00000144. The monoisotopic (exact) mass is 390 g/mol. The predicted molar refractivity (Wildman–Crippen MR) is 99.5 cm³/mol. The van der Waals surface area contributed by atoms with E-state index in [4.69, 9.17) is 5.73 Å². The number of nitrogens with two attached hydrogens (primary N) is 1. The molecule has 10 heteroatoms. The molecule has 1 aliphatic heterocycles. The van der Waals surface area contributed by atoms with Crippen LogP contribution in [0.4, 0.5) is 5.95 Å². The molecule has 1 fully saturated rings.